The molecule has 5 rings (SSSR count). The highest BCUT2D eigenvalue weighted by molar-refractivity contribution is 7.15. The standard InChI is InChI=1S/C28H28F2N6O4S2/c1-39-21-10-15(6-8-19(21)29)12-23(37)31-27-35-33-25(41-27)17-4-3-5-18(14-17)26-34-36-28(42-26)32-24(38)13-16-7-9-20(30)22(11-16)40-2/h6-11,17-18H,3-5,12-14H2,1-2H3,(H,31,35,37)(H,32,36,38)/t17-,18-/m1/s1. The highest BCUT2D eigenvalue weighted by atomic mass is 32.1. The van der Waals surface area contributed by atoms with Gasteiger partial charge in [0, 0.05) is 11.8 Å². The Kier molecular flexibility index (Phi) is 9.32. The Morgan fingerprint density at radius 2 is 1.24 bits per heavy atom. The van der Waals surface area contributed by atoms with Crippen molar-refractivity contribution in [2.24, 2.45) is 0 Å². The van der Waals surface area contributed by atoms with Crippen LogP contribution in [0.2, 0.25) is 0 Å². The Morgan fingerprint density at radius 1 is 0.786 bits per heavy atom. The second-order valence-corrected chi connectivity index (χ2v) is 11.9. The molecule has 2 atom stereocenters. The van der Waals surface area contributed by atoms with Crippen LogP contribution in [0.4, 0.5) is 19.0 Å². The molecule has 1 fully saturated rings. The van der Waals surface area contributed by atoms with Gasteiger partial charge in [-0.15, -0.1) is 20.4 Å². The minimum atomic E-state index is -0.487. The van der Waals surface area contributed by atoms with Gasteiger partial charge in [-0.1, -0.05) is 41.2 Å². The predicted octanol–water partition coefficient (Wildman–Crippen LogP) is 5.49. The smallest absolute Gasteiger partial charge is 0.230 e. The van der Waals surface area contributed by atoms with Crippen molar-refractivity contribution in [3.05, 3.63) is 69.2 Å². The normalized spacial score (nSPS) is 16.6. The van der Waals surface area contributed by atoms with E-state index in [-0.39, 0.29) is 48.0 Å². The van der Waals surface area contributed by atoms with E-state index in [9.17, 15) is 18.4 Å². The number of methoxy groups -OCH3 is 2. The molecule has 1 saturated carbocycles. The predicted molar refractivity (Wildman–Crippen MR) is 154 cm³/mol. The Labute approximate surface area is 248 Å². The number of halogens is 2. The van der Waals surface area contributed by atoms with Gasteiger partial charge in [-0.05, 0) is 54.7 Å². The highest BCUT2D eigenvalue weighted by Crippen LogP contribution is 2.43. The van der Waals surface area contributed by atoms with Gasteiger partial charge in [0.15, 0.2) is 23.1 Å². The van der Waals surface area contributed by atoms with Crippen molar-refractivity contribution < 1.29 is 27.8 Å². The molecule has 0 spiro atoms. The average molecular weight is 615 g/mol. The molecule has 220 valence electrons. The zero-order valence-electron chi connectivity index (χ0n) is 22.9. The van der Waals surface area contributed by atoms with Crippen LogP contribution in [0.15, 0.2) is 36.4 Å². The molecular formula is C28H28F2N6O4S2. The summed E-state index contributed by atoms with van der Waals surface area (Å²) in [5, 5.41) is 25.0. The van der Waals surface area contributed by atoms with Crippen LogP contribution in [0, 0.1) is 11.6 Å². The number of hydrogen-bond donors (Lipinski definition) is 2. The van der Waals surface area contributed by atoms with Crippen molar-refractivity contribution in [2.75, 3.05) is 24.9 Å². The van der Waals surface area contributed by atoms with Crippen LogP contribution in [0.1, 0.15) is 58.7 Å². The molecule has 2 N–H and O–H groups in total. The summed E-state index contributed by atoms with van der Waals surface area (Å²) in [6.45, 7) is 0. The third-order valence-corrected chi connectivity index (χ3v) is 8.91. The first-order chi connectivity index (χ1) is 20.3. The van der Waals surface area contributed by atoms with Crippen LogP contribution in [0.5, 0.6) is 11.5 Å². The fraction of sp³-hybridized carbons (Fsp3) is 0.357. The number of aromatic nitrogens is 4. The van der Waals surface area contributed by atoms with Gasteiger partial charge in [-0.25, -0.2) is 8.78 Å². The molecular weight excluding hydrogens is 586 g/mol. The lowest BCUT2D eigenvalue weighted by atomic mass is 9.82. The number of rotatable bonds is 10. The number of nitrogens with zero attached hydrogens (tertiary/aromatic N) is 4. The summed E-state index contributed by atoms with van der Waals surface area (Å²) >= 11 is 2.69. The number of hydrogen-bond acceptors (Lipinski definition) is 10. The van der Waals surface area contributed by atoms with E-state index < -0.39 is 11.6 Å². The molecule has 1 aliphatic carbocycles. The number of carbonyl (C=O) groups is 2. The Balaban J connectivity index is 1.15. The van der Waals surface area contributed by atoms with E-state index in [0.717, 1.165) is 35.7 Å². The van der Waals surface area contributed by atoms with E-state index in [2.05, 4.69) is 31.0 Å². The minimum Gasteiger partial charge on any atom is -0.494 e. The van der Waals surface area contributed by atoms with Crippen molar-refractivity contribution in [3.8, 4) is 11.5 Å². The van der Waals surface area contributed by atoms with Crippen molar-refractivity contribution in [1.29, 1.82) is 0 Å². The van der Waals surface area contributed by atoms with Crippen LogP contribution in [0.25, 0.3) is 0 Å². The van der Waals surface area contributed by atoms with Gasteiger partial charge in [0.25, 0.3) is 0 Å². The largest absolute Gasteiger partial charge is 0.494 e. The third kappa shape index (κ3) is 7.23. The van der Waals surface area contributed by atoms with Crippen molar-refractivity contribution in [2.45, 2.75) is 50.4 Å². The first-order valence-corrected chi connectivity index (χ1v) is 14.9. The number of carbonyl (C=O) groups excluding carboxylic acids is 2. The van der Waals surface area contributed by atoms with Crippen LogP contribution < -0.4 is 20.1 Å². The summed E-state index contributed by atoms with van der Waals surface area (Å²) in [6.07, 6.45) is 3.75. The first-order valence-electron chi connectivity index (χ1n) is 13.2. The molecule has 42 heavy (non-hydrogen) atoms. The maximum Gasteiger partial charge on any atom is 0.230 e. The van der Waals surface area contributed by atoms with Gasteiger partial charge < -0.3 is 20.1 Å². The third-order valence-electron chi connectivity index (χ3n) is 6.91. The number of amides is 2. The molecule has 2 aromatic carbocycles. The second kappa shape index (κ2) is 13.3. The molecule has 2 heterocycles. The van der Waals surface area contributed by atoms with Crippen molar-refractivity contribution >= 4 is 44.8 Å². The lowest BCUT2D eigenvalue weighted by Crippen LogP contribution is -2.14. The lowest BCUT2D eigenvalue weighted by molar-refractivity contribution is -0.116. The quantitative estimate of drug-likeness (QED) is 0.240. The summed E-state index contributed by atoms with van der Waals surface area (Å²) in [7, 11) is 2.75. The monoisotopic (exact) mass is 614 g/mol. The molecule has 0 unspecified atom stereocenters. The molecule has 0 bridgehead atoms. The van der Waals surface area contributed by atoms with E-state index >= 15 is 0 Å². The molecule has 14 heteroatoms. The van der Waals surface area contributed by atoms with E-state index in [1.54, 1.807) is 12.1 Å². The fourth-order valence-electron chi connectivity index (χ4n) is 4.86. The van der Waals surface area contributed by atoms with Gasteiger partial charge in [-0.3, -0.25) is 9.59 Å². The van der Waals surface area contributed by atoms with E-state index in [1.807, 2.05) is 0 Å². The average Bonchev–Trinajstić information content (AvgIpc) is 3.65. The maximum atomic E-state index is 13.6. The van der Waals surface area contributed by atoms with Gasteiger partial charge in [0.2, 0.25) is 22.1 Å². The molecule has 0 radical (unpaired) electrons. The number of nitrogens with one attached hydrogen (secondary N) is 2. The summed E-state index contributed by atoms with van der Waals surface area (Å²) in [6, 6.07) is 8.61. The van der Waals surface area contributed by atoms with E-state index in [4.69, 9.17) is 9.47 Å². The van der Waals surface area contributed by atoms with Crippen molar-refractivity contribution in [3.63, 3.8) is 0 Å². The van der Waals surface area contributed by atoms with E-state index in [1.165, 1.54) is 61.2 Å². The minimum absolute atomic E-state index is 0.0467. The van der Waals surface area contributed by atoms with Crippen molar-refractivity contribution in [1.82, 2.24) is 20.4 Å². The lowest BCUT2D eigenvalue weighted by Gasteiger charge is -2.25. The molecule has 10 nitrogen and oxygen atoms in total. The molecule has 0 saturated heterocycles. The fourth-order valence-corrected chi connectivity index (χ4v) is 6.68. The highest BCUT2D eigenvalue weighted by Gasteiger charge is 2.29. The van der Waals surface area contributed by atoms with Gasteiger partial charge in [0.1, 0.15) is 10.0 Å². The molecule has 0 aliphatic heterocycles. The summed E-state index contributed by atoms with van der Waals surface area (Å²) < 4.78 is 37.3. The van der Waals surface area contributed by atoms with E-state index in [0.29, 0.717) is 21.4 Å². The zero-order valence-corrected chi connectivity index (χ0v) is 24.5. The van der Waals surface area contributed by atoms with Crippen LogP contribution in [-0.4, -0.2) is 46.4 Å². The van der Waals surface area contributed by atoms with Crippen LogP contribution >= 0.6 is 22.7 Å². The topological polar surface area (TPSA) is 128 Å². The van der Waals surface area contributed by atoms with Crippen LogP contribution in [0.3, 0.4) is 0 Å². The summed E-state index contributed by atoms with van der Waals surface area (Å²) in [5.41, 5.74) is 1.24. The SMILES string of the molecule is COc1cc(CC(=O)Nc2nnc([C@@H]3CCC[C@@H](c4nnc(NC(=O)Cc5ccc(F)c(OC)c5)s4)C3)s2)ccc1F. The van der Waals surface area contributed by atoms with Crippen LogP contribution in [-0.2, 0) is 22.4 Å². The summed E-state index contributed by atoms with van der Waals surface area (Å²) in [4.78, 5) is 25.1. The maximum absolute atomic E-state index is 13.6. The van der Waals surface area contributed by atoms with Gasteiger partial charge in [-0.2, -0.15) is 0 Å². The molecule has 4 aromatic rings. The van der Waals surface area contributed by atoms with Gasteiger partial charge >= 0.3 is 0 Å². The Hall–Kier alpha value is -4.04. The Morgan fingerprint density at radius 3 is 1.67 bits per heavy atom. The molecule has 2 aromatic heterocycles. The number of benzene rings is 2. The first kappa shape index (κ1) is 29.5. The second-order valence-electron chi connectivity index (χ2n) is 9.84. The zero-order chi connectivity index (χ0) is 29.6. The van der Waals surface area contributed by atoms with Gasteiger partial charge in [0.05, 0.1) is 27.1 Å². The molecule has 1 aliphatic rings. The summed E-state index contributed by atoms with van der Waals surface area (Å²) in [5.74, 6) is -1.06. The number of ether oxygens (including phenoxy) is 2. The Bertz CT molecular complexity index is 1470. The number of anilines is 2. The molecule has 2 amide bonds.